The Hall–Kier alpha value is -8.54. The smallest absolute Gasteiger partial charge is 0.0640 e. The summed E-state index contributed by atoms with van der Waals surface area (Å²) in [4.78, 5) is 4.93. The summed E-state index contributed by atoms with van der Waals surface area (Å²) in [5.41, 5.74) is 11.6. The summed E-state index contributed by atoms with van der Waals surface area (Å²) in [6, 6.07) is 93.7. The van der Waals surface area contributed by atoms with Crippen molar-refractivity contribution in [1.29, 1.82) is 0 Å². The number of thiophene rings is 2. The van der Waals surface area contributed by atoms with Gasteiger partial charge in [0.15, 0.2) is 0 Å². The zero-order chi connectivity index (χ0) is 46.1. The Bertz CT molecular complexity index is 4310. The maximum absolute atomic E-state index is 2.47. The molecule has 0 N–H and O–H groups in total. The van der Waals surface area contributed by atoms with Crippen LogP contribution in [0.2, 0.25) is 0 Å². The number of benzene rings is 12. The average Bonchev–Trinajstić information content (AvgIpc) is 4.01. The Morgan fingerprint density at radius 1 is 0.243 bits per heavy atom. The van der Waals surface area contributed by atoms with Gasteiger partial charge >= 0.3 is 0 Å². The molecule has 12 aromatic carbocycles. The molecule has 0 bridgehead atoms. The summed E-state index contributed by atoms with van der Waals surface area (Å²) in [6.45, 7) is 0. The van der Waals surface area contributed by atoms with E-state index < -0.39 is 0 Å². The summed E-state index contributed by atoms with van der Waals surface area (Å²) in [5, 5.41) is 12.5. The first-order chi connectivity index (χ1) is 34.7. The second-order valence-electron chi connectivity index (χ2n) is 18.0. The quantitative estimate of drug-likeness (QED) is 0.150. The van der Waals surface area contributed by atoms with Crippen LogP contribution in [0, 0.1) is 0 Å². The number of fused-ring (bicyclic) bond motifs is 9. The number of anilines is 6. The highest BCUT2D eigenvalue weighted by molar-refractivity contribution is 7.26. The number of rotatable bonds is 8. The monoisotopic (exact) mass is 926 g/mol. The largest absolute Gasteiger partial charge is 0.308 e. The van der Waals surface area contributed by atoms with Gasteiger partial charge in [0.1, 0.15) is 0 Å². The van der Waals surface area contributed by atoms with Crippen molar-refractivity contribution in [2.45, 2.75) is 0 Å². The second kappa shape index (κ2) is 16.6. The van der Waals surface area contributed by atoms with Crippen LogP contribution in [0.4, 0.5) is 34.1 Å². The van der Waals surface area contributed by atoms with E-state index in [1.54, 1.807) is 0 Å². The molecule has 0 radical (unpaired) electrons. The third-order valence-corrected chi connectivity index (χ3v) is 16.5. The molecular formula is C66H42N2S2. The predicted octanol–water partition coefficient (Wildman–Crippen LogP) is 20.2. The van der Waals surface area contributed by atoms with Crippen LogP contribution in [0.5, 0.6) is 0 Å². The van der Waals surface area contributed by atoms with Crippen molar-refractivity contribution in [2.24, 2.45) is 0 Å². The van der Waals surface area contributed by atoms with Gasteiger partial charge in [-0.2, -0.15) is 0 Å². The van der Waals surface area contributed by atoms with Gasteiger partial charge in [0, 0.05) is 53.1 Å². The molecule has 328 valence electrons. The first kappa shape index (κ1) is 40.5. The topological polar surface area (TPSA) is 6.48 Å². The molecule has 0 aliphatic rings. The lowest BCUT2D eigenvalue weighted by Gasteiger charge is -2.28. The minimum Gasteiger partial charge on any atom is -0.308 e. The average molecular weight is 927 g/mol. The fourth-order valence-corrected chi connectivity index (χ4v) is 13.2. The van der Waals surface area contributed by atoms with Crippen molar-refractivity contribution in [1.82, 2.24) is 0 Å². The maximum atomic E-state index is 2.47. The lowest BCUT2D eigenvalue weighted by atomic mass is 9.89. The van der Waals surface area contributed by atoms with E-state index in [0.29, 0.717) is 0 Å². The van der Waals surface area contributed by atoms with Crippen molar-refractivity contribution in [3.63, 3.8) is 0 Å². The van der Waals surface area contributed by atoms with Gasteiger partial charge in [0.05, 0.1) is 32.1 Å². The van der Waals surface area contributed by atoms with E-state index in [-0.39, 0.29) is 0 Å². The molecule has 0 saturated heterocycles. The number of hydrogen-bond acceptors (Lipinski definition) is 4. The summed E-state index contributed by atoms with van der Waals surface area (Å²) in [5.74, 6) is 0. The molecule has 4 heteroatoms. The van der Waals surface area contributed by atoms with Gasteiger partial charge in [-0.1, -0.05) is 194 Å². The van der Waals surface area contributed by atoms with E-state index in [9.17, 15) is 0 Å². The van der Waals surface area contributed by atoms with E-state index in [4.69, 9.17) is 0 Å². The molecule has 2 aromatic heterocycles. The van der Waals surface area contributed by atoms with Crippen molar-refractivity contribution in [3.8, 4) is 22.3 Å². The molecule has 0 amide bonds. The first-order valence-corrected chi connectivity index (χ1v) is 25.5. The molecule has 0 aliphatic carbocycles. The van der Waals surface area contributed by atoms with Gasteiger partial charge in [0.2, 0.25) is 0 Å². The summed E-state index contributed by atoms with van der Waals surface area (Å²) in [7, 11) is 0. The van der Waals surface area contributed by atoms with Crippen LogP contribution in [0.1, 0.15) is 0 Å². The van der Waals surface area contributed by atoms with Crippen LogP contribution >= 0.6 is 22.7 Å². The number of nitrogens with zero attached hydrogens (tertiary/aromatic N) is 2. The molecule has 0 unspecified atom stereocenters. The fraction of sp³-hybridized carbons (Fsp3) is 0. The molecule has 0 spiro atoms. The van der Waals surface area contributed by atoms with Gasteiger partial charge in [-0.05, 0) is 104 Å². The highest BCUT2D eigenvalue weighted by Gasteiger charge is 2.23. The van der Waals surface area contributed by atoms with Crippen molar-refractivity contribution < 1.29 is 0 Å². The van der Waals surface area contributed by atoms with Crippen LogP contribution in [0.15, 0.2) is 255 Å². The minimum atomic E-state index is 1.11. The molecular weight excluding hydrogens is 885 g/mol. The van der Waals surface area contributed by atoms with E-state index in [1.807, 2.05) is 22.7 Å². The third-order valence-electron chi connectivity index (χ3n) is 14.0. The van der Waals surface area contributed by atoms with Crippen molar-refractivity contribution in [2.75, 3.05) is 9.80 Å². The SMILES string of the molecule is c1ccc2c(N(c3ccc(-c4ccc5ccccc5c4-c4ccc(N(c5cccc6ccccc56)c5cccc6c5sc5ccccc56)cc4)cc3)c3cccc4c3sc3ccccc34)cccc2c1. The van der Waals surface area contributed by atoms with E-state index in [1.165, 1.54) is 106 Å². The predicted molar refractivity (Wildman–Crippen MR) is 305 cm³/mol. The van der Waals surface area contributed by atoms with E-state index >= 15 is 0 Å². The Kier molecular flexibility index (Phi) is 9.61. The summed E-state index contributed by atoms with van der Waals surface area (Å²) >= 11 is 3.74. The maximum Gasteiger partial charge on any atom is 0.0640 e. The molecule has 0 atom stereocenters. The molecule has 14 rings (SSSR count). The Morgan fingerprint density at radius 2 is 0.614 bits per heavy atom. The highest BCUT2D eigenvalue weighted by Crippen LogP contribution is 2.49. The minimum absolute atomic E-state index is 1.11. The molecule has 14 aromatic rings. The Labute approximate surface area is 413 Å². The Balaban J connectivity index is 0.915. The molecule has 0 fully saturated rings. The molecule has 0 aliphatic heterocycles. The molecule has 2 heterocycles. The fourth-order valence-electron chi connectivity index (χ4n) is 10.8. The number of hydrogen-bond donors (Lipinski definition) is 0. The highest BCUT2D eigenvalue weighted by atomic mass is 32.1. The lowest BCUT2D eigenvalue weighted by Crippen LogP contribution is -2.10. The van der Waals surface area contributed by atoms with Gasteiger partial charge < -0.3 is 9.80 Å². The zero-order valence-corrected chi connectivity index (χ0v) is 39.6. The van der Waals surface area contributed by atoms with Crippen LogP contribution in [0.3, 0.4) is 0 Å². The van der Waals surface area contributed by atoms with Gasteiger partial charge in [-0.15, -0.1) is 22.7 Å². The second-order valence-corrected chi connectivity index (χ2v) is 20.1. The van der Waals surface area contributed by atoms with Crippen LogP contribution in [-0.4, -0.2) is 0 Å². The normalized spacial score (nSPS) is 11.7. The van der Waals surface area contributed by atoms with Crippen molar-refractivity contribution in [3.05, 3.63) is 255 Å². The third kappa shape index (κ3) is 6.60. The van der Waals surface area contributed by atoms with E-state index in [0.717, 1.165) is 22.7 Å². The van der Waals surface area contributed by atoms with E-state index in [2.05, 4.69) is 265 Å². The van der Waals surface area contributed by atoms with Gasteiger partial charge in [0.25, 0.3) is 0 Å². The summed E-state index contributed by atoms with van der Waals surface area (Å²) < 4.78 is 5.15. The Morgan fingerprint density at radius 3 is 1.13 bits per heavy atom. The lowest BCUT2D eigenvalue weighted by molar-refractivity contribution is 1.32. The molecule has 0 saturated carbocycles. The van der Waals surface area contributed by atoms with Gasteiger partial charge in [-0.3, -0.25) is 0 Å². The summed E-state index contributed by atoms with van der Waals surface area (Å²) in [6.07, 6.45) is 0. The molecule has 2 nitrogen and oxygen atoms in total. The van der Waals surface area contributed by atoms with Crippen LogP contribution < -0.4 is 9.80 Å². The van der Waals surface area contributed by atoms with Gasteiger partial charge in [-0.25, -0.2) is 0 Å². The standard InChI is InChI=1S/C66H42N2S2/c1-4-20-50-43(15-1)18-11-27-58(50)67(60-29-13-25-56-54-23-7-9-31-62(54)69-65(56)60)48-38-33-46(34-39-48)53-42-37-45-17-3-6-22-52(45)64(53)47-35-40-49(41-36-47)68(59-28-12-19-44-16-2-5-21-51(44)59)61-30-14-26-57-55-24-8-10-32-63(55)70-66(57)61/h1-42H. The van der Waals surface area contributed by atoms with Crippen LogP contribution in [0.25, 0.3) is 94.9 Å². The van der Waals surface area contributed by atoms with Crippen molar-refractivity contribution >= 4 is 129 Å². The zero-order valence-electron chi connectivity index (χ0n) is 38.0. The molecule has 70 heavy (non-hydrogen) atoms. The van der Waals surface area contributed by atoms with Crippen LogP contribution in [-0.2, 0) is 0 Å². The first-order valence-electron chi connectivity index (χ1n) is 23.8.